The molecule has 4 nitrogen and oxygen atoms in total. The van der Waals surface area contributed by atoms with Crippen molar-refractivity contribution < 1.29 is 9.21 Å². The number of amides is 1. The molecule has 0 aliphatic carbocycles. The zero-order valence-corrected chi connectivity index (χ0v) is 9.91. The summed E-state index contributed by atoms with van der Waals surface area (Å²) in [5.41, 5.74) is 8.17. The van der Waals surface area contributed by atoms with E-state index in [1.54, 1.807) is 18.2 Å². The van der Waals surface area contributed by atoms with Crippen LogP contribution in [0.4, 0.5) is 11.4 Å². The molecular weight excluding hydrogens is 240 g/mol. The van der Waals surface area contributed by atoms with Crippen LogP contribution in [0.15, 0.2) is 34.9 Å². The highest BCUT2D eigenvalue weighted by molar-refractivity contribution is 6.32. The average Bonchev–Trinajstić information content (AvgIpc) is 2.68. The van der Waals surface area contributed by atoms with Crippen LogP contribution in [-0.2, 0) is 0 Å². The molecule has 1 aromatic heterocycles. The number of carbonyl (C=O) groups is 1. The SMILES string of the molecule is Cc1cc(N)ccc1NC(=O)c1ccoc1Cl. The van der Waals surface area contributed by atoms with Gasteiger partial charge in [-0.2, -0.15) is 0 Å². The van der Waals surface area contributed by atoms with E-state index in [2.05, 4.69) is 5.32 Å². The fourth-order valence-electron chi connectivity index (χ4n) is 1.47. The Morgan fingerprint density at radius 1 is 1.41 bits per heavy atom. The van der Waals surface area contributed by atoms with Crippen molar-refractivity contribution in [1.82, 2.24) is 0 Å². The third kappa shape index (κ3) is 2.42. The van der Waals surface area contributed by atoms with Crippen LogP contribution in [0, 0.1) is 6.92 Å². The Hall–Kier alpha value is -1.94. The van der Waals surface area contributed by atoms with Gasteiger partial charge in [-0.3, -0.25) is 4.79 Å². The minimum absolute atomic E-state index is 0.0793. The van der Waals surface area contributed by atoms with Crippen LogP contribution >= 0.6 is 11.6 Å². The Kier molecular flexibility index (Phi) is 3.06. The van der Waals surface area contributed by atoms with Crippen LogP contribution < -0.4 is 11.1 Å². The highest BCUT2D eigenvalue weighted by Gasteiger charge is 2.13. The molecular formula is C12H11ClN2O2. The minimum Gasteiger partial charge on any atom is -0.452 e. The Bertz CT molecular complexity index is 563. The highest BCUT2D eigenvalue weighted by atomic mass is 35.5. The van der Waals surface area contributed by atoms with Crippen LogP contribution in [0.5, 0.6) is 0 Å². The van der Waals surface area contributed by atoms with Crippen molar-refractivity contribution in [2.45, 2.75) is 6.92 Å². The molecule has 0 bridgehead atoms. The second-order valence-corrected chi connectivity index (χ2v) is 3.98. The number of benzene rings is 1. The average molecular weight is 251 g/mol. The second-order valence-electron chi connectivity index (χ2n) is 3.64. The van der Waals surface area contributed by atoms with Gasteiger partial charge in [-0.15, -0.1) is 0 Å². The summed E-state index contributed by atoms with van der Waals surface area (Å²) in [5.74, 6) is -0.309. The predicted octanol–water partition coefficient (Wildman–Crippen LogP) is 3.08. The topological polar surface area (TPSA) is 68.3 Å². The molecule has 0 saturated heterocycles. The van der Waals surface area contributed by atoms with Gasteiger partial charge in [-0.05, 0) is 48.4 Å². The lowest BCUT2D eigenvalue weighted by atomic mass is 10.1. The van der Waals surface area contributed by atoms with Crippen molar-refractivity contribution in [3.05, 3.63) is 46.9 Å². The van der Waals surface area contributed by atoms with Crippen LogP contribution in [0.2, 0.25) is 5.22 Å². The molecule has 0 aliphatic heterocycles. The summed E-state index contributed by atoms with van der Waals surface area (Å²) in [7, 11) is 0. The smallest absolute Gasteiger partial charge is 0.260 e. The first-order valence-electron chi connectivity index (χ1n) is 4.98. The molecule has 0 aliphatic rings. The first kappa shape index (κ1) is 11.5. The first-order chi connectivity index (χ1) is 8.08. The van der Waals surface area contributed by atoms with Gasteiger partial charge in [-0.25, -0.2) is 0 Å². The van der Waals surface area contributed by atoms with Gasteiger partial charge in [0.1, 0.15) is 0 Å². The summed E-state index contributed by atoms with van der Waals surface area (Å²) in [6.07, 6.45) is 1.37. The maximum absolute atomic E-state index is 11.8. The minimum atomic E-state index is -0.309. The number of nitrogens with two attached hydrogens (primary N) is 1. The normalized spacial score (nSPS) is 10.2. The lowest BCUT2D eigenvalue weighted by molar-refractivity contribution is 0.102. The molecule has 0 radical (unpaired) electrons. The molecule has 2 rings (SSSR count). The summed E-state index contributed by atoms with van der Waals surface area (Å²) >= 11 is 5.72. The number of halogens is 1. The summed E-state index contributed by atoms with van der Waals surface area (Å²) < 4.78 is 4.86. The lowest BCUT2D eigenvalue weighted by Crippen LogP contribution is -2.12. The molecule has 0 spiro atoms. The van der Waals surface area contributed by atoms with Gasteiger partial charge in [0.05, 0.1) is 11.8 Å². The van der Waals surface area contributed by atoms with Crippen molar-refractivity contribution in [2.75, 3.05) is 11.1 Å². The van der Waals surface area contributed by atoms with Gasteiger partial charge in [0.15, 0.2) is 0 Å². The largest absolute Gasteiger partial charge is 0.452 e. The maximum atomic E-state index is 11.8. The summed E-state index contributed by atoms with van der Waals surface area (Å²) in [6, 6.07) is 6.77. The zero-order chi connectivity index (χ0) is 12.4. The highest BCUT2D eigenvalue weighted by Crippen LogP contribution is 2.21. The van der Waals surface area contributed by atoms with Crippen LogP contribution in [0.25, 0.3) is 0 Å². The summed E-state index contributed by atoms with van der Waals surface area (Å²) in [4.78, 5) is 11.8. The maximum Gasteiger partial charge on any atom is 0.260 e. The van der Waals surface area contributed by atoms with Crippen LogP contribution in [0.1, 0.15) is 15.9 Å². The number of rotatable bonds is 2. The molecule has 0 fully saturated rings. The van der Waals surface area contributed by atoms with Gasteiger partial charge in [0.2, 0.25) is 5.22 Å². The van der Waals surface area contributed by atoms with Gasteiger partial charge in [0.25, 0.3) is 5.91 Å². The molecule has 1 aromatic carbocycles. The number of carbonyl (C=O) groups excluding carboxylic acids is 1. The fourth-order valence-corrected chi connectivity index (χ4v) is 1.67. The molecule has 1 amide bonds. The van der Waals surface area contributed by atoms with Crippen molar-refractivity contribution >= 4 is 28.9 Å². The number of nitrogen functional groups attached to an aromatic ring is 1. The zero-order valence-electron chi connectivity index (χ0n) is 9.16. The number of furan rings is 1. The van der Waals surface area contributed by atoms with Gasteiger partial charge in [0, 0.05) is 11.4 Å². The molecule has 5 heteroatoms. The molecule has 2 aromatic rings. The molecule has 88 valence electrons. The van der Waals surface area contributed by atoms with Crippen LogP contribution in [0.3, 0.4) is 0 Å². The van der Waals surface area contributed by atoms with Crippen molar-refractivity contribution in [2.24, 2.45) is 0 Å². The quantitative estimate of drug-likeness (QED) is 0.805. The third-order valence-electron chi connectivity index (χ3n) is 2.36. The monoisotopic (exact) mass is 250 g/mol. The van der Waals surface area contributed by atoms with Gasteiger partial charge >= 0.3 is 0 Å². The molecule has 3 N–H and O–H groups in total. The van der Waals surface area contributed by atoms with E-state index in [4.69, 9.17) is 21.8 Å². The van der Waals surface area contributed by atoms with E-state index < -0.39 is 0 Å². The molecule has 17 heavy (non-hydrogen) atoms. The van der Waals surface area contributed by atoms with E-state index in [-0.39, 0.29) is 11.1 Å². The van der Waals surface area contributed by atoms with E-state index in [1.165, 1.54) is 12.3 Å². The fraction of sp³-hybridized carbons (Fsp3) is 0.0833. The number of aryl methyl sites for hydroxylation is 1. The summed E-state index contributed by atoms with van der Waals surface area (Å²) in [5, 5.41) is 2.82. The van der Waals surface area contributed by atoms with E-state index in [9.17, 15) is 4.79 Å². The Balaban J connectivity index is 2.22. The van der Waals surface area contributed by atoms with E-state index >= 15 is 0 Å². The molecule has 0 saturated carbocycles. The Labute approximate surface area is 103 Å². The second kappa shape index (κ2) is 4.51. The molecule has 1 heterocycles. The Morgan fingerprint density at radius 2 is 2.18 bits per heavy atom. The number of hydrogen-bond acceptors (Lipinski definition) is 3. The standard InChI is InChI=1S/C12H11ClN2O2/c1-7-6-8(14)2-3-10(7)15-12(16)9-4-5-17-11(9)13/h2-6H,14H2,1H3,(H,15,16). The first-order valence-corrected chi connectivity index (χ1v) is 5.36. The summed E-state index contributed by atoms with van der Waals surface area (Å²) in [6.45, 7) is 1.86. The van der Waals surface area contributed by atoms with Crippen molar-refractivity contribution in [3.8, 4) is 0 Å². The van der Waals surface area contributed by atoms with Crippen LogP contribution in [-0.4, -0.2) is 5.91 Å². The van der Waals surface area contributed by atoms with Crippen molar-refractivity contribution in [1.29, 1.82) is 0 Å². The van der Waals surface area contributed by atoms with E-state index in [0.29, 0.717) is 16.9 Å². The lowest BCUT2D eigenvalue weighted by Gasteiger charge is -2.08. The van der Waals surface area contributed by atoms with Gasteiger partial charge < -0.3 is 15.5 Å². The predicted molar refractivity (Wildman–Crippen MR) is 67.3 cm³/mol. The van der Waals surface area contributed by atoms with E-state index in [0.717, 1.165) is 5.56 Å². The number of nitrogens with one attached hydrogen (secondary N) is 1. The van der Waals surface area contributed by atoms with E-state index in [1.807, 2.05) is 6.92 Å². The molecule has 0 unspecified atom stereocenters. The molecule has 0 atom stereocenters. The van der Waals surface area contributed by atoms with Gasteiger partial charge in [-0.1, -0.05) is 0 Å². The number of anilines is 2. The Morgan fingerprint density at radius 3 is 2.76 bits per heavy atom. The number of hydrogen-bond donors (Lipinski definition) is 2. The van der Waals surface area contributed by atoms with Crippen molar-refractivity contribution in [3.63, 3.8) is 0 Å². The third-order valence-corrected chi connectivity index (χ3v) is 2.65.